The van der Waals surface area contributed by atoms with Crippen molar-refractivity contribution in [3.63, 3.8) is 0 Å². The number of carbonyl (C=O) groups excluding carboxylic acids is 2. The maximum absolute atomic E-state index is 12.3. The molecule has 2 N–H and O–H groups in total. The van der Waals surface area contributed by atoms with E-state index in [2.05, 4.69) is 15.8 Å². The van der Waals surface area contributed by atoms with Crippen LogP contribution in [0.1, 0.15) is 30.5 Å². The number of nitrogens with zero attached hydrogens (tertiary/aromatic N) is 1. The van der Waals surface area contributed by atoms with Gasteiger partial charge in [0.15, 0.2) is 0 Å². The van der Waals surface area contributed by atoms with Crippen LogP contribution < -0.4 is 15.5 Å². The average molecular weight is 369 g/mol. The Morgan fingerprint density at radius 3 is 2.52 bits per heavy atom. The van der Waals surface area contributed by atoms with Crippen molar-refractivity contribution in [2.24, 2.45) is 5.10 Å². The molecule has 0 saturated carbocycles. The van der Waals surface area contributed by atoms with Crippen LogP contribution in [0.5, 0.6) is 5.75 Å². The number of hydrogen-bond donors (Lipinski definition) is 2. The fraction of sp³-hybridized carbons (Fsp3) is 0.250. The largest absolute Gasteiger partial charge is 0.496 e. The maximum atomic E-state index is 12.3. The van der Waals surface area contributed by atoms with E-state index in [1.165, 1.54) is 6.21 Å². The van der Waals surface area contributed by atoms with E-state index in [-0.39, 0.29) is 18.9 Å². The zero-order valence-electron chi connectivity index (χ0n) is 15.3. The molecule has 0 fully saturated rings. The van der Waals surface area contributed by atoms with Gasteiger partial charge in [-0.05, 0) is 24.6 Å². The summed E-state index contributed by atoms with van der Waals surface area (Å²) in [4.78, 5) is 24.0. The molecule has 1 atom stereocenters. The first-order chi connectivity index (χ1) is 13.1. The molecular weight excluding hydrogens is 346 g/mol. The van der Waals surface area contributed by atoms with Crippen LogP contribution in [-0.2, 0) is 9.53 Å². The number of alkyl carbamates (subject to hydrolysis) is 1. The molecule has 0 aromatic heterocycles. The van der Waals surface area contributed by atoms with Crippen LogP contribution in [0.25, 0.3) is 0 Å². The summed E-state index contributed by atoms with van der Waals surface area (Å²) in [7, 11) is 1.57. The maximum Gasteiger partial charge on any atom is 0.407 e. The highest BCUT2D eigenvalue weighted by atomic mass is 16.5. The Labute approximate surface area is 158 Å². The summed E-state index contributed by atoms with van der Waals surface area (Å²) in [6.07, 6.45) is 0.954. The quantitative estimate of drug-likeness (QED) is 0.553. The molecule has 2 aromatic rings. The van der Waals surface area contributed by atoms with Crippen LogP contribution in [0.4, 0.5) is 4.79 Å². The van der Waals surface area contributed by atoms with Crippen molar-refractivity contribution in [3.05, 3.63) is 65.7 Å². The number of amides is 2. The molecule has 0 unspecified atom stereocenters. The fourth-order valence-electron chi connectivity index (χ4n) is 2.43. The van der Waals surface area contributed by atoms with Gasteiger partial charge in [-0.25, -0.2) is 10.2 Å². The summed E-state index contributed by atoms with van der Waals surface area (Å²) < 4.78 is 10.1. The van der Waals surface area contributed by atoms with Crippen molar-refractivity contribution >= 4 is 18.2 Å². The molecule has 0 bridgehead atoms. The summed E-state index contributed by atoms with van der Waals surface area (Å²) >= 11 is 0. The molecule has 0 spiro atoms. The van der Waals surface area contributed by atoms with Crippen molar-refractivity contribution in [3.8, 4) is 5.75 Å². The second kappa shape index (κ2) is 10.6. The number of nitrogens with one attached hydrogen (secondary N) is 2. The van der Waals surface area contributed by atoms with E-state index in [9.17, 15) is 9.59 Å². The number of carbonyl (C=O) groups is 2. The van der Waals surface area contributed by atoms with E-state index < -0.39 is 12.1 Å². The van der Waals surface area contributed by atoms with E-state index in [0.717, 1.165) is 11.1 Å². The number of methoxy groups -OCH3 is 1. The molecule has 142 valence electrons. The Hall–Kier alpha value is -3.35. The van der Waals surface area contributed by atoms with Gasteiger partial charge in [0.05, 0.1) is 32.4 Å². The number of rotatable bonds is 8. The Balaban J connectivity index is 2.00. The lowest BCUT2D eigenvalue weighted by molar-refractivity contribution is -0.121. The summed E-state index contributed by atoms with van der Waals surface area (Å²) in [5.41, 5.74) is 4.01. The molecule has 7 heteroatoms. The summed E-state index contributed by atoms with van der Waals surface area (Å²) in [5, 5.41) is 6.66. The van der Waals surface area contributed by atoms with Crippen molar-refractivity contribution in [1.29, 1.82) is 0 Å². The summed E-state index contributed by atoms with van der Waals surface area (Å²) in [6, 6.07) is 16.0. The van der Waals surface area contributed by atoms with Crippen molar-refractivity contribution < 1.29 is 19.1 Å². The van der Waals surface area contributed by atoms with Crippen LogP contribution in [-0.4, -0.2) is 31.9 Å². The minimum Gasteiger partial charge on any atom is -0.496 e. The topological polar surface area (TPSA) is 89.0 Å². The molecule has 0 radical (unpaired) electrons. The van der Waals surface area contributed by atoms with Gasteiger partial charge >= 0.3 is 6.09 Å². The highest BCUT2D eigenvalue weighted by molar-refractivity contribution is 5.85. The molecule has 0 heterocycles. The molecular formula is C20H23N3O4. The normalized spacial score (nSPS) is 11.6. The third-order valence-electron chi connectivity index (χ3n) is 3.69. The van der Waals surface area contributed by atoms with Crippen molar-refractivity contribution in [2.45, 2.75) is 19.4 Å². The molecule has 0 aliphatic heterocycles. The van der Waals surface area contributed by atoms with Crippen LogP contribution in [0, 0.1) is 0 Å². The van der Waals surface area contributed by atoms with Gasteiger partial charge in [0, 0.05) is 5.56 Å². The number of benzene rings is 2. The summed E-state index contributed by atoms with van der Waals surface area (Å²) in [6.45, 7) is 1.97. The Morgan fingerprint density at radius 1 is 1.11 bits per heavy atom. The van der Waals surface area contributed by atoms with Crippen LogP contribution in [0.2, 0.25) is 0 Å². The van der Waals surface area contributed by atoms with Gasteiger partial charge in [-0.1, -0.05) is 42.5 Å². The van der Waals surface area contributed by atoms with Gasteiger partial charge in [0.2, 0.25) is 5.91 Å². The predicted molar refractivity (Wildman–Crippen MR) is 103 cm³/mol. The second-order valence-electron chi connectivity index (χ2n) is 5.57. The molecule has 0 aliphatic rings. The van der Waals surface area contributed by atoms with Crippen LogP contribution in [0.15, 0.2) is 59.7 Å². The third kappa shape index (κ3) is 6.47. The predicted octanol–water partition coefficient (Wildman–Crippen LogP) is 3.02. The van der Waals surface area contributed by atoms with E-state index in [1.807, 2.05) is 48.5 Å². The Kier molecular flexibility index (Phi) is 7.84. The fourth-order valence-corrected chi connectivity index (χ4v) is 2.43. The number of hydrazone groups is 1. The van der Waals surface area contributed by atoms with Gasteiger partial charge in [-0.15, -0.1) is 0 Å². The molecule has 2 aromatic carbocycles. The molecule has 27 heavy (non-hydrogen) atoms. The van der Waals surface area contributed by atoms with E-state index >= 15 is 0 Å². The van der Waals surface area contributed by atoms with Gasteiger partial charge in [-0.2, -0.15) is 5.10 Å². The monoisotopic (exact) mass is 369 g/mol. The first kappa shape index (κ1) is 20.0. The Bertz CT molecular complexity index is 778. The smallest absolute Gasteiger partial charge is 0.407 e. The van der Waals surface area contributed by atoms with E-state index in [1.54, 1.807) is 20.1 Å². The lowest BCUT2D eigenvalue weighted by Crippen LogP contribution is -2.33. The highest BCUT2D eigenvalue weighted by Crippen LogP contribution is 2.17. The number of ether oxygens (including phenoxy) is 2. The molecule has 7 nitrogen and oxygen atoms in total. The highest BCUT2D eigenvalue weighted by Gasteiger charge is 2.18. The zero-order valence-corrected chi connectivity index (χ0v) is 15.3. The third-order valence-corrected chi connectivity index (χ3v) is 3.69. The SMILES string of the molecule is CCOC(=O)N[C@@H](CC(=O)N/N=C\c1ccccc1OC)c1ccccc1. The molecule has 2 amide bonds. The first-order valence-corrected chi connectivity index (χ1v) is 8.57. The average Bonchev–Trinajstić information content (AvgIpc) is 2.68. The number of para-hydroxylation sites is 1. The lowest BCUT2D eigenvalue weighted by Gasteiger charge is -2.18. The van der Waals surface area contributed by atoms with Gasteiger partial charge in [-0.3, -0.25) is 4.79 Å². The minimum absolute atomic E-state index is 0.0199. The van der Waals surface area contributed by atoms with Gasteiger partial charge in [0.1, 0.15) is 5.75 Å². The van der Waals surface area contributed by atoms with Crippen LogP contribution >= 0.6 is 0 Å². The van der Waals surface area contributed by atoms with E-state index in [0.29, 0.717) is 5.75 Å². The minimum atomic E-state index is -0.573. The first-order valence-electron chi connectivity index (χ1n) is 8.57. The van der Waals surface area contributed by atoms with Crippen LogP contribution in [0.3, 0.4) is 0 Å². The molecule has 0 saturated heterocycles. The Morgan fingerprint density at radius 2 is 1.81 bits per heavy atom. The molecule has 2 rings (SSSR count). The zero-order chi connectivity index (χ0) is 19.5. The van der Waals surface area contributed by atoms with Gasteiger partial charge < -0.3 is 14.8 Å². The number of hydrogen-bond acceptors (Lipinski definition) is 5. The molecule has 0 aliphatic carbocycles. The standard InChI is InChI=1S/C20H23N3O4/c1-3-27-20(25)22-17(15-9-5-4-6-10-15)13-19(24)23-21-14-16-11-7-8-12-18(16)26-2/h4-12,14,17H,3,13H2,1-2H3,(H,22,25)(H,23,24)/b21-14-/t17-/m0/s1. The van der Waals surface area contributed by atoms with E-state index in [4.69, 9.17) is 9.47 Å². The lowest BCUT2D eigenvalue weighted by atomic mass is 10.0. The van der Waals surface area contributed by atoms with Crippen molar-refractivity contribution in [1.82, 2.24) is 10.7 Å². The summed E-state index contributed by atoms with van der Waals surface area (Å²) in [5.74, 6) is 0.313. The second-order valence-corrected chi connectivity index (χ2v) is 5.57. The van der Waals surface area contributed by atoms with Crippen molar-refractivity contribution in [2.75, 3.05) is 13.7 Å². The van der Waals surface area contributed by atoms with Gasteiger partial charge in [0.25, 0.3) is 0 Å².